The van der Waals surface area contributed by atoms with Gasteiger partial charge in [-0.25, -0.2) is 4.98 Å². The van der Waals surface area contributed by atoms with Crippen molar-refractivity contribution in [2.75, 3.05) is 11.9 Å². The van der Waals surface area contributed by atoms with Crippen LogP contribution in [0.4, 0.5) is 5.69 Å². The van der Waals surface area contributed by atoms with Crippen molar-refractivity contribution in [3.05, 3.63) is 58.6 Å². The first-order chi connectivity index (χ1) is 13.4. The SMILES string of the molecule is Cc1cccc(C(C)C)c1NC(=O)COC(=O)CCc1nc2ccccc2s1. The zero-order chi connectivity index (χ0) is 20.1. The first-order valence-electron chi connectivity index (χ1n) is 9.33. The number of ether oxygens (including phenoxy) is 1. The number of hydrogen-bond donors (Lipinski definition) is 1. The molecule has 5 nitrogen and oxygen atoms in total. The van der Waals surface area contributed by atoms with E-state index in [2.05, 4.69) is 24.1 Å². The van der Waals surface area contributed by atoms with Gasteiger partial charge in [0.15, 0.2) is 6.61 Å². The van der Waals surface area contributed by atoms with E-state index in [-0.39, 0.29) is 24.9 Å². The van der Waals surface area contributed by atoms with E-state index in [4.69, 9.17) is 4.74 Å². The number of aromatic nitrogens is 1. The van der Waals surface area contributed by atoms with Crippen LogP contribution in [0, 0.1) is 6.92 Å². The zero-order valence-electron chi connectivity index (χ0n) is 16.3. The number of hydrogen-bond acceptors (Lipinski definition) is 5. The van der Waals surface area contributed by atoms with Crippen LogP contribution in [0.3, 0.4) is 0 Å². The molecule has 28 heavy (non-hydrogen) atoms. The number of carbonyl (C=O) groups is 2. The second-order valence-electron chi connectivity index (χ2n) is 6.98. The fourth-order valence-corrected chi connectivity index (χ4v) is 3.94. The fraction of sp³-hybridized carbons (Fsp3) is 0.318. The molecule has 6 heteroatoms. The molecular weight excluding hydrogens is 372 g/mol. The zero-order valence-corrected chi connectivity index (χ0v) is 17.1. The maximum atomic E-state index is 12.2. The van der Waals surface area contributed by atoms with E-state index in [0.29, 0.717) is 6.42 Å². The molecule has 0 bridgehead atoms. The van der Waals surface area contributed by atoms with Crippen LogP contribution in [0.5, 0.6) is 0 Å². The quantitative estimate of drug-likeness (QED) is 0.580. The van der Waals surface area contributed by atoms with Crippen LogP contribution < -0.4 is 5.32 Å². The Balaban J connectivity index is 1.50. The monoisotopic (exact) mass is 396 g/mol. The Morgan fingerprint density at radius 1 is 1.14 bits per heavy atom. The smallest absolute Gasteiger partial charge is 0.306 e. The summed E-state index contributed by atoms with van der Waals surface area (Å²) >= 11 is 1.57. The number of aryl methyl sites for hydroxylation is 2. The van der Waals surface area contributed by atoms with Crippen LogP contribution in [0.2, 0.25) is 0 Å². The number of thiazole rings is 1. The van der Waals surface area contributed by atoms with E-state index in [0.717, 1.165) is 32.0 Å². The third-order valence-electron chi connectivity index (χ3n) is 4.44. The van der Waals surface area contributed by atoms with Crippen molar-refractivity contribution < 1.29 is 14.3 Å². The number of benzene rings is 2. The Bertz CT molecular complexity index is 961. The molecular formula is C22H24N2O3S. The average molecular weight is 397 g/mol. The number of esters is 1. The molecule has 0 aliphatic carbocycles. The summed E-state index contributed by atoms with van der Waals surface area (Å²) in [7, 11) is 0. The van der Waals surface area contributed by atoms with Crippen LogP contribution in [0.25, 0.3) is 10.2 Å². The second-order valence-corrected chi connectivity index (χ2v) is 8.09. The highest BCUT2D eigenvalue weighted by Crippen LogP contribution is 2.27. The highest BCUT2D eigenvalue weighted by molar-refractivity contribution is 7.18. The van der Waals surface area contributed by atoms with Gasteiger partial charge in [-0.2, -0.15) is 0 Å². The third kappa shape index (κ3) is 4.95. The summed E-state index contributed by atoms with van der Waals surface area (Å²) in [6.07, 6.45) is 0.712. The number of nitrogens with one attached hydrogen (secondary N) is 1. The molecule has 3 rings (SSSR count). The number of nitrogens with zero attached hydrogens (tertiary/aromatic N) is 1. The van der Waals surface area contributed by atoms with Crippen molar-refractivity contribution in [3.8, 4) is 0 Å². The Hall–Kier alpha value is -2.73. The summed E-state index contributed by atoms with van der Waals surface area (Å²) in [6, 6.07) is 13.8. The highest BCUT2D eigenvalue weighted by atomic mass is 32.1. The van der Waals surface area contributed by atoms with Gasteiger partial charge in [-0.3, -0.25) is 9.59 Å². The van der Waals surface area contributed by atoms with Crippen molar-refractivity contribution in [3.63, 3.8) is 0 Å². The first kappa shape index (κ1) is 20.0. The van der Waals surface area contributed by atoms with Gasteiger partial charge in [0.25, 0.3) is 5.91 Å². The summed E-state index contributed by atoms with van der Waals surface area (Å²) < 4.78 is 6.24. The molecule has 1 aromatic heterocycles. The Morgan fingerprint density at radius 3 is 2.68 bits per heavy atom. The van der Waals surface area contributed by atoms with Gasteiger partial charge in [0, 0.05) is 12.1 Å². The molecule has 0 spiro atoms. The van der Waals surface area contributed by atoms with Crippen LogP contribution in [0.1, 0.15) is 42.3 Å². The molecule has 0 aliphatic heterocycles. The molecule has 0 saturated heterocycles. The minimum Gasteiger partial charge on any atom is -0.456 e. The van der Waals surface area contributed by atoms with Crippen molar-refractivity contribution >= 4 is 39.1 Å². The van der Waals surface area contributed by atoms with Crippen LogP contribution in [-0.2, 0) is 20.7 Å². The molecule has 0 fully saturated rings. The minimum atomic E-state index is -0.400. The van der Waals surface area contributed by atoms with Crippen LogP contribution in [0.15, 0.2) is 42.5 Å². The highest BCUT2D eigenvalue weighted by Gasteiger charge is 2.14. The van der Waals surface area contributed by atoms with Crippen LogP contribution >= 0.6 is 11.3 Å². The lowest BCUT2D eigenvalue weighted by molar-refractivity contribution is -0.147. The number of carbonyl (C=O) groups excluding carboxylic acids is 2. The molecule has 1 amide bonds. The maximum absolute atomic E-state index is 12.2. The lowest BCUT2D eigenvalue weighted by Crippen LogP contribution is -2.22. The first-order valence-corrected chi connectivity index (χ1v) is 10.1. The maximum Gasteiger partial charge on any atom is 0.306 e. The van der Waals surface area contributed by atoms with Gasteiger partial charge in [-0.15, -0.1) is 11.3 Å². The average Bonchev–Trinajstić information content (AvgIpc) is 3.09. The minimum absolute atomic E-state index is 0.203. The second kappa shape index (κ2) is 8.97. The van der Waals surface area contributed by atoms with Gasteiger partial charge in [-0.1, -0.05) is 44.2 Å². The Kier molecular flexibility index (Phi) is 6.41. The Labute approximate surface area is 168 Å². The topological polar surface area (TPSA) is 68.3 Å². The van der Waals surface area contributed by atoms with E-state index < -0.39 is 5.97 Å². The molecule has 0 unspecified atom stereocenters. The van der Waals surface area contributed by atoms with E-state index in [1.165, 1.54) is 0 Å². The van der Waals surface area contributed by atoms with E-state index in [9.17, 15) is 9.59 Å². The van der Waals surface area contributed by atoms with Crippen molar-refractivity contribution in [1.82, 2.24) is 4.98 Å². The molecule has 0 radical (unpaired) electrons. The van der Waals surface area contributed by atoms with Crippen molar-refractivity contribution in [1.29, 1.82) is 0 Å². The lowest BCUT2D eigenvalue weighted by Gasteiger charge is -2.16. The van der Waals surface area contributed by atoms with E-state index in [1.54, 1.807) is 11.3 Å². The summed E-state index contributed by atoms with van der Waals surface area (Å²) in [5, 5.41) is 3.77. The molecule has 1 heterocycles. The van der Waals surface area contributed by atoms with Crippen molar-refractivity contribution in [2.45, 2.75) is 39.5 Å². The normalized spacial score (nSPS) is 11.0. The van der Waals surface area contributed by atoms with Gasteiger partial charge in [0.1, 0.15) is 0 Å². The third-order valence-corrected chi connectivity index (χ3v) is 5.53. The van der Waals surface area contributed by atoms with Gasteiger partial charge >= 0.3 is 5.97 Å². The largest absolute Gasteiger partial charge is 0.456 e. The van der Waals surface area contributed by atoms with E-state index >= 15 is 0 Å². The Morgan fingerprint density at radius 2 is 1.93 bits per heavy atom. The van der Waals surface area contributed by atoms with Gasteiger partial charge in [-0.05, 0) is 36.1 Å². The number of rotatable bonds is 7. The number of para-hydroxylation sites is 2. The van der Waals surface area contributed by atoms with Gasteiger partial charge < -0.3 is 10.1 Å². The standard InChI is InChI=1S/C22H24N2O3S/c1-14(2)16-8-6-7-15(3)22(16)24-19(25)13-27-21(26)12-11-20-23-17-9-4-5-10-18(17)28-20/h4-10,14H,11-13H2,1-3H3,(H,24,25). The van der Waals surface area contributed by atoms with Gasteiger partial charge in [0.05, 0.1) is 21.6 Å². The number of fused-ring (bicyclic) bond motifs is 1. The molecule has 2 aromatic carbocycles. The molecule has 0 saturated carbocycles. The molecule has 3 aromatic rings. The number of anilines is 1. The summed E-state index contributed by atoms with van der Waals surface area (Å²) in [6.45, 7) is 5.81. The fourth-order valence-electron chi connectivity index (χ4n) is 2.97. The summed E-state index contributed by atoms with van der Waals surface area (Å²) in [5.74, 6) is -0.445. The number of amides is 1. The summed E-state index contributed by atoms with van der Waals surface area (Å²) in [4.78, 5) is 28.7. The predicted octanol–water partition coefficient (Wildman–Crippen LogP) is 4.84. The predicted molar refractivity (Wildman–Crippen MR) is 113 cm³/mol. The van der Waals surface area contributed by atoms with E-state index in [1.807, 2.05) is 49.4 Å². The molecule has 0 atom stereocenters. The lowest BCUT2D eigenvalue weighted by atomic mass is 9.98. The molecule has 0 aliphatic rings. The summed E-state index contributed by atoms with van der Waals surface area (Å²) in [5.41, 5.74) is 3.79. The van der Waals surface area contributed by atoms with Crippen molar-refractivity contribution in [2.24, 2.45) is 0 Å². The van der Waals surface area contributed by atoms with Crippen LogP contribution in [-0.4, -0.2) is 23.5 Å². The van der Waals surface area contributed by atoms with Gasteiger partial charge in [0.2, 0.25) is 0 Å². The molecule has 1 N–H and O–H groups in total. The molecule has 146 valence electrons.